The van der Waals surface area contributed by atoms with Crippen molar-refractivity contribution in [1.29, 1.82) is 0 Å². The summed E-state index contributed by atoms with van der Waals surface area (Å²) in [6.45, 7) is 9.31. The largest absolute Gasteiger partial charge is 0.497 e. The van der Waals surface area contributed by atoms with Crippen molar-refractivity contribution < 1.29 is 53.3 Å². The molecule has 0 aliphatic carbocycles. The molecule has 1 heterocycles. The molecule has 1 fully saturated rings. The first-order chi connectivity index (χ1) is 22.4. The average molecular weight is 720 g/mol. The second kappa shape index (κ2) is 16.8. The molecule has 0 aromatic heterocycles. The van der Waals surface area contributed by atoms with Gasteiger partial charge in [-0.3, -0.25) is 0 Å². The number of alkyl halides is 3. The molecule has 0 unspecified atom stereocenters. The van der Waals surface area contributed by atoms with Gasteiger partial charge in [0.25, 0.3) is 0 Å². The molecule has 1 aliphatic heterocycles. The van der Waals surface area contributed by atoms with Crippen LogP contribution in [0.5, 0.6) is 5.75 Å². The van der Waals surface area contributed by atoms with Crippen LogP contribution in [-0.2, 0) is 50.6 Å². The second-order valence-electron chi connectivity index (χ2n) is 12.7. The summed E-state index contributed by atoms with van der Waals surface area (Å²) < 4.78 is 103. The van der Waals surface area contributed by atoms with E-state index in [0.29, 0.717) is 11.3 Å². The minimum Gasteiger partial charge on any atom is -0.497 e. The van der Waals surface area contributed by atoms with Gasteiger partial charge < -0.3 is 23.4 Å². The minimum absolute atomic E-state index is 0.0355. The summed E-state index contributed by atoms with van der Waals surface area (Å²) in [6.07, 6.45) is -9.71. The minimum atomic E-state index is -5.12. The van der Waals surface area contributed by atoms with Gasteiger partial charge in [-0.25, -0.2) is 8.37 Å². The molecule has 17 heteroatoms. The SMILES string of the molecule is COc1ccc(CO[C@H]2[C@H](OCc3ccccc3)[C@@H](N=[N+]=[N-])[C@H](O[Si](C)(C)C(C)(C)C(C)C)O[C@@H]2COS(=O)(=O)OCC(F)(F)F)cc1. The van der Waals surface area contributed by atoms with Gasteiger partial charge in [-0.2, -0.15) is 21.6 Å². The summed E-state index contributed by atoms with van der Waals surface area (Å²) >= 11 is 0. The summed E-state index contributed by atoms with van der Waals surface area (Å²) in [5, 5.41) is 3.70. The van der Waals surface area contributed by atoms with Gasteiger partial charge >= 0.3 is 16.6 Å². The summed E-state index contributed by atoms with van der Waals surface area (Å²) in [5.74, 6) is 0.792. The maximum atomic E-state index is 12.7. The molecule has 0 N–H and O–H groups in total. The quantitative estimate of drug-likeness (QED) is 0.0725. The highest BCUT2D eigenvalue weighted by Crippen LogP contribution is 2.46. The number of nitrogens with zero attached hydrogens (tertiary/aromatic N) is 3. The molecule has 3 rings (SSSR count). The van der Waals surface area contributed by atoms with Crippen molar-refractivity contribution in [2.45, 2.75) is 95.9 Å². The van der Waals surface area contributed by atoms with E-state index < -0.39 is 68.8 Å². The van der Waals surface area contributed by atoms with E-state index in [9.17, 15) is 27.1 Å². The summed E-state index contributed by atoms with van der Waals surface area (Å²) in [4.78, 5) is 3.05. The Hall–Kier alpha value is -2.73. The highest BCUT2D eigenvalue weighted by atomic mass is 32.3. The van der Waals surface area contributed by atoms with Crippen molar-refractivity contribution in [3.63, 3.8) is 0 Å². The molecule has 5 atom stereocenters. The Labute approximate surface area is 280 Å². The smallest absolute Gasteiger partial charge is 0.413 e. The van der Waals surface area contributed by atoms with Crippen LogP contribution in [0.3, 0.4) is 0 Å². The third-order valence-electron chi connectivity index (χ3n) is 8.84. The van der Waals surface area contributed by atoms with Crippen molar-refractivity contribution >= 4 is 18.7 Å². The van der Waals surface area contributed by atoms with Crippen LogP contribution >= 0.6 is 0 Å². The molecule has 2 aromatic rings. The van der Waals surface area contributed by atoms with Gasteiger partial charge in [0.1, 0.15) is 30.1 Å². The number of rotatable bonds is 17. The van der Waals surface area contributed by atoms with Crippen molar-refractivity contribution in [2.24, 2.45) is 11.0 Å². The van der Waals surface area contributed by atoms with Crippen LogP contribution in [0.4, 0.5) is 13.2 Å². The van der Waals surface area contributed by atoms with Crippen LogP contribution in [0, 0.1) is 5.92 Å². The topological polar surface area (TPSA) is 148 Å². The molecule has 1 aliphatic rings. The Kier molecular flexibility index (Phi) is 13.9. The van der Waals surface area contributed by atoms with Crippen LogP contribution in [0.1, 0.15) is 38.8 Å². The van der Waals surface area contributed by atoms with Crippen LogP contribution in [0.25, 0.3) is 10.4 Å². The third kappa shape index (κ3) is 11.1. The van der Waals surface area contributed by atoms with Crippen molar-refractivity contribution in [3.05, 3.63) is 76.2 Å². The normalized spacial score (nSPS) is 22.4. The van der Waals surface area contributed by atoms with Gasteiger partial charge in [-0.15, -0.1) is 0 Å². The highest BCUT2D eigenvalue weighted by Gasteiger charge is 2.53. The van der Waals surface area contributed by atoms with Crippen LogP contribution in [-0.4, -0.2) is 73.9 Å². The Morgan fingerprint density at radius 1 is 0.958 bits per heavy atom. The molecule has 0 spiro atoms. The van der Waals surface area contributed by atoms with E-state index >= 15 is 0 Å². The lowest BCUT2D eigenvalue weighted by Crippen LogP contribution is -2.63. The van der Waals surface area contributed by atoms with Gasteiger partial charge in [0.15, 0.2) is 21.2 Å². The van der Waals surface area contributed by atoms with E-state index in [4.69, 9.17) is 27.6 Å². The molecule has 12 nitrogen and oxygen atoms in total. The molecule has 1 saturated heterocycles. The van der Waals surface area contributed by atoms with E-state index in [1.54, 1.807) is 24.3 Å². The van der Waals surface area contributed by atoms with E-state index in [2.05, 4.69) is 41.9 Å². The lowest BCUT2D eigenvalue weighted by atomic mass is 9.97. The number of benzene rings is 2. The maximum absolute atomic E-state index is 12.7. The van der Waals surface area contributed by atoms with E-state index in [1.165, 1.54) is 7.11 Å². The zero-order valence-corrected chi connectivity index (χ0v) is 29.9. The average Bonchev–Trinajstić information content (AvgIpc) is 3.02. The molecule has 2 aromatic carbocycles. The Balaban J connectivity index is 2.04. The molecule has 0 saturated carbocycles. The fraction of sp³-hybridized carbons (Fsp3) is 0.613. The first kappa shape index (κ1) is 39.7. The predicted molar refractivity (Wildman–Crippen MR) is 173 cm³/mol. The Morgan fingerprint density at radius 2 is 1.54 bits per heavy atom. The third-order valence-corrected chi connectivity index (χ3v) is 14.2. The van der Waals surface area contributed by atoms with Gasteiger partial charge in [-0.1, -0.05) is 75.3 Å². The molecule has 0 amide bonds. The van der Waals surface area contributed by atoms with Crippen molar-refractivity contribution in [2.75, 3.05) is 20.3 Å². The number of hydrogen-bond donors (Lipinski definition) is 0. The van der Waals surface area contributed by atoms with Crippen LogP contribution in [0.15, 0.2) is 59.7 Å². The highest BCUT2D eigenvalue weighted by molar-refractivity contribution is 7.81. The van der Waals surface area contributed by atoms with Gasteiger partial charge in [0.05, 0.1) is 26.9 Å². The number of hydrogen-bond acceptors (Lipinski definition) is 10. The zero-order valence-electron chi connectivity index (χ0n) is 28.0. The standard InChI is InChI=1S/C31H44F3N3O9SSi/c1-21(2)30(3,4)48(6,7)46-29-26(36-37-35)28(42-17-22-11-9-8-10-12-22)27(41-18-23-13-15-24(40-5)16-14-23)25(45-29)19-43-47(38,39)44-20-31(32,33)34/h8-16,21,25-29H,17-20H2,1-7H3/t25-,26-,27-,28-,29+/m1/s1. The number of halogens is 3. The summed E-state index contributed by atoms with van der Waals surface area (Å²) in [7, 11) is -6.31. The lowest BCUT2D eigenvalue weighted by molar-refractivity contribution is -0.264. The molecule has 0 radical (unpaired) electrons. The molecular weight excluding hydrogens is 676 g/mol. The lowest BCUT2D eigenvalue weighted by Gasteiger charge is -2.49. The number of azide groups is 1. The van der Waals surface area contributed by atoms with Gasteiger partial charge in [0.2, 0.25) is 0 Å². The molecule has 48 heavy (non-hydrogen) atoms. The zero-order chi connectivity index (χ0) is 35.8. The van der Waals surface area contributed by atoms with Crippen LogP contribution < -0.4 is 4.74 Å². The van der Waals surface area contributed by atoms with E-state index in [1.807, 2.05) is 43.4 Å². The molecule has 268 valence electrons. The molecular formula is C31H44F3N3O9SSi. The van der Waals surface area contributed by atoms with Crippen molar-refractivity contribution in [3.8, 4) is 5.75 Å². The fourth-order valence-corrected chi connectivity index (χ4v) is 7.96. The van der Waals surface area contributed by atoms with Crippen LogP contribution in [0.2, 0.25) is 18.1 Å². The molecule has 0 bridgehead atoms. The van der Waals surface area contributed by atoms with E-state index in [-0.39, 0.29) is 24.2 Å². The predicted octanol–water partition coefficient (Wildman–Crippen LogP) is 7.07. The first-order valence-electron chi connectivity index (χ1n) is 15.3. The maximum Gasteiger partial charge on any atom is 0.413 e. The Morgan fingerprint density at radius 3 is 2.08 bits per heavy atom. The summed E-state index contributed by atoms with van der Waals surface area (Å²) in [5.41, 5.74) is 11.1. The number of methoxy groups -OCH3 is 1. The fourth-order valence-electron chi connectivity index (χ4n) is 4.84. The monoisotopic (exact) mass is 719 g/mol. The second-order valence-corrected chi connectivity index (χ2v) is 18.5. The number of ether oxygens (including phenoxy) is 4. The van der Waals surface area contributed by atoms with Gasteiger partial charge in [-0.05, 0) is 52.8 Å². The van der Waals surface area contributed by atoms with Gasteiger partial charge in [0, 0.05) is 4.91 Å². The first-order valence-corrected chi connectivity index (χ1v) is 19.5. The summed E-state index contributed by atoms with van der Waals surface area (Å²) in [6, 6.07) is 15.0. The van der Waals surface area contributed by atoms with E-state index in [0.717, 1.165) is 5.56 Å². The van der Waals surface area contributed by atoms with Crippen molar-refractivity contribution in [1.82, 2.24) is 0 Å². The Bertz CT molecular complexity index is 1460.